The Morgan fingerprint density at radius 1 is 1.75 bits per heavy atom. The Balaban J connectivity index is 2.15. The SMILES string of the molecule is COC(=O)CCCc1cnno1. The molecule has 0 fully saturated rings. The Kier molecular flexibility index (Phi) is 3.25. The molecule has 5 heteroatoms. The second kappa shape index (κ2) is 4.48. The molecule has 1 heterocycles. The molecule has 0 aliphatic carbocycles. The molecule has 0 atom stereocenters. The van der Waals surface area contributed by atoms with Crippen LogP contribution in [-0.4, -0.2) is 23.4 Å². The number of nitrogens with zero attached hydrogens (tertiary/aromatic N) is 2. The van der Waals surface area contributed by atoms with Gasteiger partial charge in [0.15, 0.2) is 5.76 Å². The lowest BCUT2D eigenvalue weighted by Gasteiger charge is -1.95. The Labute approximate surface area is 69.7 Å². The van der Waals surface area contributed by atoms with Gasteiger partial charge in [0.2, 0.25) is 0 Å². The number of ether oxygens (including phenoxy) is 1. The predicted octanol–water partition coefficient (Wildman–Crippen LogP) is 0.565. The molecule has 0 aliphatic rings. The smallest absolute Gasteiger partial charge is 0.305 e. The number of aryl methyl sites for hydroxylation is 1. The van der Waals surface area contributed by atoms with Crippen molar-refractivity contribution >= 4 is 5.97 Å². The highest BCUT2D eigenvalue weighted by atomic mass is 16.5. The Morgan fingerprint density at radius 3 is 3.17 bits per heavy atom. The quantitative estimate of drug-likeness (QED) is 0.618. The van der Waals surface area contributed by atoms with E-state index >= 15 is 0 Å². The molecule has 1 rings (SSSR count). The van der Waals surface area contributed by atoms with Crippen LogP contribution in [0.2, 0.25) is 0 Å². The van der Waals surface area contributed by atoms with Gasteiger partial charge in [0.25, 0.3) is 0 Å². The Bertz CT molecular complexity index is 233. The van der Waals surface area contributed by atoms with Gasteiger partial charge in [0, 0.05) is 18.1 Å². The van der Waals surface area contributed by atoms with Crippen LogP contribution in [0.3, 0.4) is 0 Å². The van der Waals surface area contributed by atoms with Crippen LogP contribution in [0.5, 0.6) is 0 Å². The molecule has 0 saturated heterocycles. The molecule has 66 valence electrons. The third-order valence-electron chi connectivity index (χ3n) is 1.44. The van der Waals surface area contributed by atoms with Crippen LogP contribution in [0.25, 0.3) is 0 Å². The van der Waals surface area contributed by atoms with Crippen LogP contribution in [0.1, 0.15) is 18.6 Å². The van der Waals surface area contributed by atoms with Gasteiger partial charge in [0.05, 0.1) is 13.3 Å². The maximum Gasteiger partial charge on any atom is 0.305 e. The first kappa shape index (κ1) is 8.70. The maximum atomic E-state index is 10.7. The normalized spacial score (nSPS) is 9.75. The summed E-state index contributed by atoms with van der Waals surface area (Å²) in [5.74, 6) is 0.487. The van der Waals surface area contributed by atoms with E-state index in [1.165, 1.54) is 13.3 Å². The minimum atomic E-state index is -0.206. The highest BCUT2D eigenvalue weighted by Gasteiger charge is 2.02. The molecular weight excluding hydrogens is 160 g/mol. The summed E-state index contributed by atoms with van der Waals surface area (Å²) < 4.78 is 9.20. The van der Waals surface area contributed by atoms with E-state index in [1.807, 2.05) is 0 Å². The Hall–Kier alpha value is -1.39. The van der Waals surface area contributed by atoms with E-state index < -0.39 is 0 Å². The molecule has 0 spiro atoms. The van der Waals surface area contributed by atoms with Crippen LogP contribution < -0.4 is 0 Å². The second-order valence-electron chi connectivity index (χ2n) is 2.31. The molecule has 0 amide bonds. The topological polar surface area (TPSA) is 65.2 Å². The molecule has 0 aliphatic heterocycles. The number of rotatable bonds is 4. The van der Waals surface area contributed by atoms with Crippen molar-refractivity contribution in [2.24, 2.45) is 0 Å². The fourth-order valence-corrected chi connectivity index (χ4v) is 0.807. The van der Waals surface area contributed by atoms with Gasteiger partial charge in [-0.05, 0) is 6.42 Å². The van der Waals surface area contributed by atoms with Crippen molar-refractivity contribution in [3.63, 3.8) is 0 Å². The van der Waals surface area contributed by atoms with Crippen LogP contribution >= 0.6 is 0 Å². The van der Waals surface area contributed by atoms with Gasteiger partial charge in [-0.3, -0.25) is 4.79 Å². The summed E-state index contributed by atoms with van der Waals surface area (Å²) in [6.07, 6.45) is 3.31. The molecule has 0 unspecified atom stereocenters. The number of hydrogen-bond acceptors (Lipinski definition) is 5. The fourth-order valence-electron chi connectivity index (χ4n) is 0.807. The summed E-state index contributed by atoms with van der Waals surface area (Å²) in [7, 11) is 1.37. The van der Waals surface area contributed by atoms with E-state index in [2.05, 4.69) is 15.1 Å². The minimum Gasteiger partial charge on any atom is -0.469 e. The molecule has 0 N–H and O–H groups in total. The van der Waals surface area contributed by atoms with Crippen LogP contribution in [0.4, 0.5) is 0 Å². The molecule has 0 bridgehead atoms. The van der Waals surface area contributed by atoms with Gasteiger partial charge in [0.1, 0.15) is 0 Å². The molecule has 1 aromatic rings. The van der Waals surface area contributed by atoms with Crippen molar-refractivity contribution in [1.29, 1.82) is 0 Å². The number of methoxy groups -OCH3 is 1. The zero-order valence-corrected chi connectivity index (χ0v) is 6.82. The molecule has 1 aromatic heterocycles. The molecule has 0 saturated carbocycles. The summed E-state index contributed by atoms with van der Waals surface area (Å²) in [4.78, 5) is 10.7. The lowest BCUT2D eigenvalue weighted by atomic mass is 10.2. The largest absolute Gasteiger partial charge is 0.469 e. The van der Waals surface area contributed by atoms with Crippen molar-refractivity contribution in [2.45, 2.75) is 19.3 Å². The van der Waals surface area contributed by atoms with E-state index in [0.717, 1.165) is 0 Å². The third kappa shape index (κ3) is 2.69. The van der Waals surface area contributed by atoms with E-state index in [4.69, 9.17) is 4.52 Å². The first-order valence-corrected chi connectivity index (χ1v) is 3.66. The monoisotopic (exact) mass is 170 g/mol. The zero-order chi connectivity index (χ0) is 8.81. The third-order valence-corrected chi connectivity index (χ3v) is 1.44. The van der Waals surface area contributed by atoms with Gasteiger partial charge < -0.3 is 9.26 Å². The number of carbonyl (C=O) groups is 1. The van der Waals surface area contributed by atoms with E-state index in [0.29, 0.717) is 25.0 Å². The lowest BCUT2D eigenvalue weighted by Crippen LogP contribution is -2.00. The number of hydrogen-bond donors (Lipinski definition) is 0. The molecule has 0 radical (unpaired) electrons. The van der Waals surface area contributed by atoms with Gasteiger partial charge >= 0.3 is 5.97 Å². The summed E-state index contributed by atoms with van der Waals surface area (Å²) in [5, 5.41) is 6.81. The minimum absolute atomic E-state index is 0.206. The van der Waals surface area contributed by atoms with E-state index in [9.17, 15) is 4.79 Å². The van der Waals surface area contributed by atoms with E-state index in [-0.39, 0.29) is 5.97 Å². The molecule has 12 heavy (non-hydrogen) atoms. The summed E-state index contributed by atoms with van der Waals surface area (Å²) >= 11 is 0. The average Bonchev–Trinajstić information content (AvgIpc) is 2.57. The predicted molar refractivity (Wildman–Crippen MR) is 39.3 cm³/mol. The number of aromatic nitrogens is 2. The summed E-state index contributed by atoms with van der Waals surface area (Å²) in [6, 6.07) is 0. The first-order valence-electron chi connectivity index (χ1n) is 3.66. The van der Waals surface area contributed by atoms with Crippen molar-refractivity contribution in [3.05, 3.63) is 12.0 Å². The average molecular weight is 170 g/mol. The first-order chi connectivity index (χ1) is 5.83. The van der Waals surface area contributed by atoms with Gasteiger partial charge in [-0.1, -0.05) is 0 Å². The number of esters is 1. The highest BCUT2D eigenvalue weighted by molar-refractivity contribution is 5.69. The van der Waals surface area contributed by atoms with Gasteiger partial charge in [-0.15, -0.1) is 5.10 Å². The van der Waals surface area contributed by atoms with E-state index in [1.54, 1.807) is 0 Å². The van der Waals surface area contributed by atoms with Crippen LogP contribution in [-0.2, 0) is 16.0 Å². The molecular formula is C7H10N2O3. The second-order valence-corrected chi connectivity index (χ2v) is 2.31. The maximum absolute atomic E-state index is 10.7. The van der Waals surface area contributed by atoms with Crippen molar-refractivity contribution < 1.29 is 14.1 Å². The fraction of sp³-hybridized carbons (Fsp3) is 0.571. The molecule has 0 aromatic carbocycles. The summed E-state index contributed by atoms with van der Waals surface area (Å²) in [5.41, 5.74) is 0. The van der Waals surface area contributed by atoms with Gasteiger partial charge in [-0.25, -0.2) is 0 Å². The standard InChI is InChI=1S/C7H10N2O3/c1-11-7(10)4-2-3-6-5-8-9-12-6/h5H,2-4H2,1H3. The number of carbonyl (C=O) groups excluding carboxylic acids is 1. The lowest BCUT2D eigenvalue weighted by molar-refractivity contribution is -0.140. The zero-order valence-electron chi connectivity index (χ0n) is 6.82. The molecule has 5 nitrogen and oxygen atoms in total. The van der Waals surface area contributed by atoms with Crippen LogP contribution in [0, 0.1) is 0 Å². The highest BCUT2D eigenvalue weighted by Crippen LogP contribution is 2.02. The van der Waals surface area contributed by atoms with Gasteiger partial charge in [-0.2, -0.15) is 0 Å². The van der Waals surface area contributed by atoms with Crippen molar-refractivity contribution in [3.8, 4) is 0 Å². The summed E-state index contributed by atoms with van der Waals surface area (Å²) in [6.45, 7) is 0. The van der Waals surface area contributed by atoms with Crippen molar-refractivity contribution in [1.82, 2.24) is 10.4 Å². The van der Waals surface area contributed by atoms with Crippen molar-refractivity contribution in [2.75, 3.05) is 7.11 Å². The Morgan fingerprint density at radius 2 is 2.58 bits per heavy atom. The van der Waals surface area contributed by atoms with Crippen LogP contribution in [0.15, 0.2) is 10.7 Å².